The minimum atomic E-state index is 0. The lowest BCUT2D eigenvalue weighted by atomic mass is 10.1. The molecule has 0 saturated carbocycles. The summed E-state index contributed by atoms with van der Waals surface area (Å²) in [6, 6.07) is 0. The van der Waals surface area contributed by atoms with E-state index in [1.54, 1.807) is 7.05 Å². The number of carbonyl (C=O) groups excluding carboxylic acids is 1. The SMILES string of the molecule is CCCNC(=O)CCNC(=NC)NCCC(C)C.I. The lowest BCUT2D eigenvalue weighted by Crippen LogP contribution is -2.40. The van der Waals surface area contributed by atoms with Gasteiger partial charge in [0.1, 0.15) is 0 Å². The van der Waals surface area contributed by atoms with Crippen LogP contribution in [0.15, 0.2) is 4.99 Å². The summed E-state index contributed by atoms with van der Waals surface area (Å²) < 4.78 is 0. The Morgan fingerprint density at radius 1 is 1.11 bits per heavy atom. The Kier molecular flexibility index (Phi) is 15.2. The summed E-state index contributed by atoms with van der Waals surface area (Å²) in [5.41, 5.74) is 0. The molecule has 0 spiro atoms. The first-order chi connectivity index (χ1) is 8.60. The first-order valence-electron chi connectivity index (χ1n) is 6.81. The third kappa shape index (κ3) is 13.7. The molecule has 0 aliphatic carbocycles. The van der Waals surface area contributed by atoms with Crippen LogP contribution >= 0.6 is 24.0 Å². The molecule has 0 aromatic heterocycles. The van der Waals surface area contributed by atoms with E-state index in [1.165, 1.54) is 0 Å². The van der Waals surface area contributed by atoms with E-state index in [2.05, 4.69) is 34.8 Å². The number of guanidine groups is 1. The van der Waals surface area contributed by atoms with Crippen LogP contribution in [0.1, 0.15) is 40.0 Å². The van der Waals surface area contributed by atoms with Gasteiger partial charge in [-0.2, -0.15) is 0 Å². The Labute approximate surface area is 134 Å². The van der Waals surface area contributed by atoms with Gasteiger partial charge in [0.05, 0.1) is 0 Å². The van der Waals surface area contributed by atoms with Crippen molar-refractivity contribution in [1.29, 1.82) is 0 Å². The number of nitrogens with one attached hydrogen (secondary N) is 3. The molecule has 0 bridgehead atoms. The zero-order valence-electron chi connectivity index (χ0n) is 12.6. The number of hydrogen-bond donors (Lipinski definition) is 3. The van der Waals surface area contributed by atoms with Crippen LogP contribution in [0.3, 0.4) is 0 Å². The zero-order valence-corrected chi connectivity index (χ0v) is 14.9. The van der Waals surface area contributed by atoms with Gasteiger partial charge in [-0.1, -0.05) is 20.8 Å². The highest BCUT2D eigenvalue weighted by molar-refractivity contribution is 14.0. The van der Waals surface area contributed by atoms with E-state index in [0.717, 1.165) is 31.9 Å². The van der Waals surface area contributed by atoms with Crippen LogP contribution in [0, 0.1) is 5.92 Å². The van der Waals surface area contributed by atoms with Crippen LogP contribution in [-0.2, 0) is 4.79 Å². The van der Waals surface area contributed by atoms with Gasteiger partial charge in [-0.25, -0.2) is 0 Å². The molecule has 0 aromatic rings. The molecule has 3 N–H and O–H groups in total. The minimum Gasteiger partial charge on any atom is -0.356 e. The molecular formula is C13H29IN4O. The van der Waals surface area contributed by atoms with Gasteiger partial charge in [0.2, 0.25) is 5.91 Å². The van der Waals surface area contributed by atoms with Gasteiger partial charge >= 0.3 is 0 Å². The van der Waals surface area contributed by atoms with E-state index in [9.17, 15) is 4.79 Å². The molecule has 0 heterocycles. The molecule has 0 atom stereocenters. The molecule has 0 saturated heterocycles. The smallest absolute Gasteiger partial charge is 0.221 e. The van der Waals surface area contributed by atoms with Gasteiger partial charge in [-0.3, -0.25) is 9.79 Å². The first-order valence-corrected chi connectivity index (χ1v) is 6.81. The van der Waals surface area contributed by atoms with Crippen molar-refractivity contribution in [3.63, 3.8) is 0 Å². The summed E-state index contributed by atoms with van der Waals surface area (Å²) in [7, 11) is 1.74. The van der Waals surface area contributed by atoms with E-state index in [-0.39, 0.29) is 29.9 Å². The lowest BCUT2D eigenvalue weighted by Gasteiger charge is -2.12. The second-order valence-electron chi connectivity index (χ2n) is 4.71. The molecule has 19 heavy (non-hydrogen) atoms. The van der Waals surface area contributed by atoms with Crippen molar-refractivity contribution in [3.05, 3.63) is 0 Å². The molecule has 0 aliphatic rings. The zero-order chi connectivity index (χ0) is 13.8. The maximum absolute atomic E-state index is 11.4. The normalized spacial score (nSPS) is 10.9. The number of halogens is 1. The van der Waals surface area contributed by atoms with Crippen molar-refractivity contribution < 1.29 is 4.79 Å². The highest BCUT2D eigenvalue weighted by atomic mass is 127. The van der Waals surface area contributed by atoms with Gasteiger partial charge in [0.15, 0.2) is 5.96 Å². The van der Waals surface area contributed by atoms with Crippen molar-refractivity contribution >= 4 is 35.8 Å². The number of hydrogen-bond acceptors (Lipinski definition) is 2. The molecule has 6 heteroatoms. The molecule has 0 aliphatic heterocycles. The average molecular weight is 384 g/mol. The lowest BCUT2D eigenvalue weighted by molar-refractivity contribution is -0.120. The van der Waals surface area contributed by atoms with E-state index < -0.39 is 0 Å². The van der Waals surface area contributed by atoms with Gasteiger partial charge < -0.3 is 16.0 Å². The monoisotopic (exact) mass is 384 g/mol. The third-order valence-electron chi connectivity index (χ3n) is 2.45. The second kappa shape index (κ2) is 13.9. The second-order valence-corrected chi connectivity index (χ2v) is 4.71. The Bertz CT molecular complexity index is 257. The topological polar surface area (TPSA) is 65.5 Å². The quantitative estimate of drug-likeness (QED) is 0.339. The first kappa shape index (κ1) is 20.8. The summed E-state index contributed by atoms with van der Waals surface area (Å²) in [5.74, 6) is 1.52. The fourth-order valence-electron chi connectivity index (χ4n) is 1.35. The molecule has 0 radical (unpaired) electrons. The molecule has 0 unspecified atom stereocenters. The number of nitrogens with zero attached hydrogens (tertiary/aromatic N) is 1. The Morgan fingerprint density at radius 3 is 2.26 bits per heavy atom. The summed E-state index contributed by atoms with van der Waals surface area (Å²) >= 11 is 0. The van der Waals surface area contributed by atoms with E-state index in [4.69, 9.17) is 0 Å². The summed E-state index contributed by atoms with van der Waals surface area (Å²) in [4.78, 5) is 15.5. The minimum absolute atomic E-state index is 0. The van der Waals surface area contributed by atoms with E-state index in [1.807, 2.05) is 6.92 Å². The Morgan fingerprint density at radius 2 is 1.74 bits per heavy atom. The molecule has 0 aromatic carbocycles. The molecule has 5 nitrogen and oxygen atoms in total. The summed E-state index contributed by atoms with van der Waals surface area (Å²) in [5, 5.41) is 9.20. The van der Waals surface area contributed by atoms with Crippen LogP contribution in [0.4, 0.5) is 0 Å². The maximum Gasteiger partial charge on any atom is 0.221 e. The average Bonchev–Trinajstić information content (AvgIpc) is 2.34. The van der Waals surface area contributed by atoms with E-state index >= 15 is 0 Å². The van der Waals surface area contributed by atoms with Crippen molar-refractivity contribution in [2.75, 3.05) is 26.7 Å². The molecular weight excluding hydrogens is 355 g/mol. The summed E-state index contributed by atoms with van der Waals surface area (Å²) in [6.45, 7) is 8.68. The van der Waals surface area contributed by atoms with Gasteiger partial charge in [-0.15, -0.1) is 24.0 Å². The third-order valence-corrected chi connectivity index (χ3v) is 2.45. The van der Waals surface area contributed by atoms with Gasteiger partial charge in [-0.05, 0) is 18.8 Å². The predicted molar refractivity (Wildman–Crippen MR) is 92.2 cm³/mol. The van der Waals surface area contributed by atoms with E-state index in [0.29, 0.717) is 18.9 Å². The Balaban J connectivity index is 0. The van der Waals surface area contributed by atoms with Crippen molar-refractivity contribution in [2.24, 2.45) is 10.9 Å². The van der Waals surface area contributed by atoms with Gasteiger partial charge in [0, 0.05) is 33.1 Å². The van der Waals surface area contributed by atoms with Crippen LogP contribution in [0.25, 0.3) is 0 Å². The highest BCUT2D eigenvalue weighted by Crippen LogP contribution is 1.95. The van der Waals surface area contributed by atoms with Crippen LogP contribution in [-0.4, -0.2) is 38.5 Å². The fraction of sp³-hybridized carbons (Fsp3) is 0.846. The van der Waals surface area contributed by atoms with Crippen LogP contribution in [0.2, 0.25) is 0 Å². The molecule has 0 rings (SSSR count). The number of amides is 1. The van der Waals surface area contributed by atoms with Crippen molar-refractivity contribution in [1.82, 2.24) is 16.0 Å². The molecule has 114 valence electrons. The maximum atomic E-state index is 11.4. The van der Waals surface area contributed by atoms with Crippen LogP contribution in [0.5, 0.6) is 0 Å². The number of rotatable bonds is 8. The number of carbonyl (C=O) groups is 1. The van der Waals surface area contributed by atoms with Gasteiger partial charge in [0.25, 0.3) is 0 Å². The van der Waals surface area contributed by atoms with Crippen LogP contribution < -0.4 is 16.0 Å². The summed E-state index contributed by atoms with van der Waals surface area (Å²) in [6.07, 6.45) is 2.56. The molecule has 0 fully saturated rings. The fourth-order valence-corrected chi connectivity index (χ4v) is 1.35. The number of aliphatic imine (C=N–C) groups is 1. The van der Waals surface area contributed by atoms with Crippen molar-refractivity contribution in [2.45, 2.75) is 40.0 Å². The standard InChI is InChI=1S/C13H28N4O.HI/c1-5-8-15-12(18)7-10-17-13(14-4)16-9-6-11(2)3;/h11H,5-10H2,1-4H3,(H,15,18)(H2,14,16,17);1H. The highest BCUT2D eigenvalue weighted by Gasteiger charge is 2.01. The largest absolute Gasteiger partial charge is 0.356 e. The van der Waals surface area contributed by atoms with Crippen molar-refractivity contribution in [3.8, 4) is 0 Å². The molecule has 1 amide bonds. The predicted octanol–water partition coefficient (Wildman–Crippen LogP) is 1.73. The Hall–Kier alpha value is -0.530.